The van der Waals surface area contributed by atoms with Crippen LogP contribution < -0.4 is 0 Å². The Labute approximate surface area is 744 Å². The average molecular weight is 1650 g/mol. The highest BCUT2D eigenvalue weighted by Gasteiger charge is 2.52. The van der Waals surface area contributed by atoms with Gasteiger partial charge in [0, 0.05) is 70.6 Å². The highest BCUT2D eigenvalue weighted by molar-refractivity contribution is 6.34. The normalized spacial score (nSPS) is 13.0. The monoisotopic (exact) mass is 1650 g/mol. The highest BCUT2D eigenvalue weighted by Crippen LogP contribution is 2.64. The molecule has 2 aliphatic rings. The fraction of sp³-hybridized carbons (Fsp3) is 0.00800. The van der Waals surface area contributed by atoms with Crippen LogP contribution in [0.1, 0.15) is 22.3 Å². The van der Waals surface area contributed by atoms with Gasteiger partial charge in [0.05, 0.1) is 44.2 Å². The number of para-hydroxylation sites is 2. The molecule has 0 N–H and O–H groups in total. The van der Waals surface area contributed by atoms with E-state index in [-0.39, 0.29) is 0 Å². The fourth-order valence-electron chi connectivity index (χ4n) is 24.1. The van der Waals surface area contributed by atoms with Crippen molar-refractivity contribution < 1.29 is 8.83 Å². The lowest BCUT2D eigenvalue weighted by molar-refractivity contribution is 0.668. The topological polar surface area (TPSA) is 41.1 Å². The molecule has 0 saturated carbocycles. The highest BCUT2D eigenvalue weighted by atomic mass is 16.3. The molecule has 30 rings (SSSR count). The molecule has 5 aromatic heterocycles. The van der Waals surface area contributed by atoms with Crippen molar-refractivity contribution in [3.63, 3.8) is 0 Å². The summed E-state index contributed by atoms with van der Waals surface area (Å²) in [5, 5.41) is 28.8. The number of benzene rings is 23. The van der Waals surface area contributed by atoms with Crippen LogP contribution >= 0.6 is 0 Å². The van der Waals surface area contributed by atoms with E-state index in [0.29, 0.717) is 0 Å². The summed E-state index contributed by atoms with van der Waals surface area (Å²) >= 11 is 0. The van der Waals surface area contributed by atoms with E-state index in [2.05, 4.69) is 432 Å². The average Bonchev–Trinajstić information content (AvgIpc) is 1.49. The van der Waals surface area contributed by atoms with Crippen LogP contribution in [0.3, 0.4) is 0 Å². The van der Waals surface area contributed by atoms with E-state index in [1.54, 1.807) is 0 Å². The third kappa shape index (κ3) is 9.43. The first kappa shape index (κ1) is 70.2. The van der Waals surface area contributed by atoms with E-state index in [0.717, 1.165) is 133 Å². The van der Waals surface area contributed by atoms with Crippen LogP contribution in [-0.4, -0.2) is 13.7 Å². The minimum Gasteiger partial charge on any atom is -0.456 e. The van der Waals surface area contributed by atoms with E-state index in [4.69, 9.17) is 8.83 Å². The second kappa shape index (κ2) is 26.0. The minimum absolute atomic E-state index is 0.656. The number of rotatable bonds is 7. The van der Waals surface area contributed by atoms with Gasteiger partial charge in [0.1, 0.15) is 22.3 Å². The molecule has 598 valence electrons. The first-order valence-electron chi connectivity index (χ1n) is 45.1. The molecule has 23 aromatic carbocycles. The minimum atomic E-state index is -0.656. The Morgan fingerprint density at radius 1 is 0.162 bits per heavy atom. The Bertz CT molecular complexity index is 9830. The van der Waals surface area contributed by atoms with Crippen molar-refractivity contribution in [2.24, 2.45) is 0 Å². The van der Waals surface area contributed by atoms with E-state index >= 15 is 0 Å². The smallest absolute Gasteiger partial charge is 0.136 e. The van der Waals surface area contributed by atoms with E-state index in [1.165, 1.54) is 158 Å². The lowest BCUT2D eigenvalue weighted by atomic mass is 9.70. The molecule has 5 heteroatoms. The summed E-state index contributed by atoms with van der Waals surface area (Å²) in [5.74, 6) is 0. The van der Waals surface area contributed by atoms with E-state index in [9.17, 15) is 0 Å². The first-order chi connectivity index (χ1) is 64.5. The van der Waals surface area contributed by atoms with Crippen LogP contribution in [0.5, 0.6) is 0 Å². The number of fused-ring (bicyclic) bond motifs is 38. The number of hydrogen-bond donors (Lipinski definition) is 0. The largest absolute Gasteiger partial charge is 0.456 e. The molecule has 1 spiro atoms. The summed E-state index contributed by atoms with van der Waals surface area (Å²) in [6.45, 7) is 0. The lowest BCUT2D eigenvalue weighted by Crippen LogP contribution is -2.26. The van der Waals surface area contributed by atoms with E-state index < -0.39 is 5.41 Å². The van der Waals surface area contributed by atoms with Gasteiger partial charge >= 0.3 is 0 Å². The predicted octanol–water partition coefficient (Wildman–Crippen LogP) is 33.9. The van der Waals surface area contributed by atoms with Crippen molar-refractivity contribution in [1.29, 1.82) is 0 Å². The lowest BCUT2D eigenvalue weighted by Gasteiger charge is -2.31. The Kier molecular flexibility index (Phi) is 14.1. The molecule has 0 bridgehead atoms. The van der Waals surface area contributed by atoms with Crippen molar-refractivity contribution in [1.82, 2.24) is 13.7 Å². The Morgan fingerprint density at radius 2 is 0.531 bits per heavy atom. The van der Waals surface area contributed by atoms with Gasteiger partial charge in [-0.05, 0) is 280 Å². The Hall–Kier alpha value is -17.1. The maximum Gasteiger partial charge on any atom is 0.136 e. The van der Waals surface area contributed by atoms with E-state index in [1.807, 2.05) is 12.1 Å². The SMILES string of the molecule is c1ccc2c(c1)-c1ccccc1C21c2ccc(-c3cc(-c4cccc5c4ccc4c5c5c6ccccc6ccc5n4-c4ccc(-c5ccc6c(c5)oc5ccccc56)cc4)c4ccc5c(c4c3)c3c4ccccc4ccc3n5-c3ccc(-c4ccc5c(c4)oc4ccccc45)c4ccccc34)cc2-c2ccc(-n3c4ccc5ccccc5c4c4c5ccccc5ccc43)cc21. The number of nitrogens with zero attached hydrogens (tertiary/aromatic N) is 3. The zero-order valence-electron chi connectivity index (χ0n) is 70.2. The Balaban J connectivity index is 0.670. The molecule has 0 aliphatic heterocycles. The van der Waals surface area contributed by atoms with Gasteiger partial charge in [-0.2, -0.15) is 0 Å². The predicted molar refractivity (Wildman–Crippen MR) is 545 cm³/mol. The Morgan fingerprint density at radius 3 is 1.12 bits per heavy atom. The number of furan rings is 2. The zero-order chi connectivity index (χ0) is 84.5. The molecular formula is C125H71N3O2. The second-order valence-electron chi connectivity index (χ2n) is 35.8. The van der Waals surface area contributed by atoms with Crippen molar-refractivity contribution in [2.45, 2.75) is 5.41 Å². The van der Waals surface area contributed by atoms with Crippen LogP contribution in [0.4, 0.5) is 0 Å². The molecule has 2 aliphatic carbocycles. The first-order valence-corrected chi connectivity index (χ1v) is 45.1. The maximum atomic E-state index is 6.58. The molecule has 0 amide bonds. The quantitative estimate of drug-likeness (QED) is 0.160. The molecule has 28 aromatic rings. The van der Waals surface area contributed by atoms with Crippen molar-refractivity contribution in [3.05, 3.63) is 453 Å². The van der Waals surface area contributed by atoms with Crippen molar-refractivity contribution in [3.8, 4) is 83.8 Å². The van der Waals surface area contributed by atoms with Crippen LogP contribution in [0.2, 0.25) is 0 Å². The molecule has 0 atom stereocenters. The summed E-state index contributed by atoms with van der Waals surface area (Å²) in [7, 11) is 0. The van der Waals surface area contributed by atoms with Crippen LogP contribution in [0.15, 0.2) is 440 Å². The summed E-state index contributed by atoms with van der Waals surface area (Å²) in [4.78, 5) is 0. The van der Waals surface area contributed by atoms with Gasteiger partial charge in [0.15, 0.2) is 0 Å². The third-order valence-electron chi connectivity index (χ3n) is 29.6. The van der Waals surface area contributed by atoms with Gasteiger partial charge in [-0.1, -0.05) is 309 Å². The van der Waals surface area contributed by atoms with Gasteiger partial charge in [-0.15, -0.1) is 0 Å². The summed E-state index contributed by atoms with van der Waals surface area (Å²) in [6, 6.07) is 163. The van der Waals surface area contributed by atoms with Gasteiger partial charge in [0.25, 0.3) is 0 Å². The summed E-state index contributed by atoms with van der Waals surface area (Å²) < 4.78 is 20.7. The van der Waals surface area contributed by atoms with Gasteiger partial charge in [-0.3, -0.25) is 0 Å². The second-order valence-corrected chi connectivity index (χ2v) is 35.8. The molecule has 0 fully saturated rings. The number of hydrogen-bond acceptors (Lipinski definition) is 2. The molecule has 130 heavy (non-hydrogen) atoms. The van der Waals surface area contributed by atoms with Gasteiger partial charge < -0.3 is 22.5 Å². The van der Waals surface area contributed by atoms with Crippen LogP contribution in [-0.2, 0) is 5.41 Å². The molecule has 0 radical (unpaired) electrons. The molecule has 5 nitrogen and oxygen atoms in total. The van der Waals surface area contributed by atoms with Crippen LogP contribution in [0, 0.1) is 0 Å². The molecular weight excluding hydrogens is 1580 g/mol. The molecule has 0 saturated heterocycles. The van der Waals surface area contributed by atoms with Gasteiger partial charge in [0.2, 0.25) is 0 Å². The molecule has 5 heterocycles. The van der Waals surface area contributed by atoms with Crippen molar-refractivity contribution in [2.75, 3.05) is 0 Å². The maximum absolute atomic E-state index is 6.58. The summed E-state index contributed by atoms with van der Waals surface area (Å²) in [5.41, 5.74) is 32.5. The zero-order valence-corrected chi connectivity index (χ0v) is 70.2. The third-order valence-corrected chi connectivity index (χ3v) is 29.6. The standard InChI is InChI=1S/C125H71N3O2/c1-5-24-84-73(20-1)46-60-110-119(84)120-85-25-6-2-21-74(85)47-61-111(120)127(110)82-51-54-94-102-66-77(44-58-106(102)125(107(94)71-82)104-36-15-11-29-92(104)93-30-12-16-37-105(93)125)80-67-101(89-34-19-35-100-90(89)56-64-112-123(100)121-86-26-7-3-22-75(86)45-59-109(121)126(112)81-49-40-72(41-50-81)78-42-52-98-96-32-13-17-38-115(96)129-117(98)69-78)91-57-65-114-124(103(91)68-80)122-87-27-8-4-23-76(87)48-62-113(122)128(114)108-63-55-83(88-28-9-10-31-95(88)108)79-43-53-99-97-33-14-18-39-116(97)130-118(99)70-79/h1-71H. The van der Waals surface area contributed by atoms with Gasteiger partial charge in [-0.25, -0.2) is 0 Å². The number of aromatic nitrogens is 3. The van der Waals surface area contributed by atoms with Crippen molar-refractivity contribution >= 4 is 185 Å². The fourth-order valence-corrected chi connectivity index (χ4v) is 24.1. The summed E-state index contributed by atoms with van der Waals surface area (Å²) in [6.07, 6.45) is 0. The molecule has 0 unspecified atom stereocenters. The van der Waals surface area contributed by atoms with Crippen LogP contribution in [0.25, 0.3) is 269 Å².